The van der Waals surface area contributed by atoms with E-state index in [1.165, 1.54) is 11.8 Å². The van der Waals surface area contributed by atoms with Crippen LogP contribution in [0.2, 0.25) is 0 Å². The van der Waals surface area contributed by atoms with E-state index in [0.717, 1.165) is 16.8 Å². The normalized spacial score (nSPS) is 15.8. The minimum atomic E-state index is -0.203. The van der Waals surface area contributed by atoms with Gasteiger partial charge < -0.3 is 18.4 Å². The molecule has 0 radical (unpaired) electrons. The second-order valence-corrected chi connectivity index (χ2v) is 8.90. The molecule has 2 aliphatic heterocycles. The number of benzene rings is 2. The third-order valence-corrected chi connectivity index (χ3v) is 6.47. The second kappa shape index (κ2) is 8.84. The Kier molecular flexibility index (Phi) is 5.38. The van der Waals surface area contributed by atoms with Gasteiger partial charge >= 0.3 is 0 Å². The molecule has 0 atom stereocenters. The fourth-order valence-corrected chi connectivity index (χ4v) is 4.62. The van der Waals surface area contributed by atoms with E-state index in [4.69, 9.17) is 18.4 Å². The molecule has 6 rings (SSSR count). The van der Waals surface area contributed by atoms with Gasteiger partial charge in [-0.25, -0.2) is 4.99 Å². The molecule has 0 saturated heterocycles. The smallest absolute Gasteiger partial charge is 0.283 e. The SMILES string of the molecule is Cc1ccc(N2C(=O)/C(=C\c3ccc4c(c3)OCO4)N=C2SCc2cc(-c3ccco3)on2)cc1. The first kappa shape index (κ1) is 21.3. The van der Waals surface area contributed by atoms with E-state index in [2.05, 4.69) is 10.1 Å². The standard InChI is InChI=1S/C26H19N3O5S/c1-16-4-7-19(8-5-16)29-25(30)20(11-17-6-9-22-23(12-17)33-15-32-22)27-26(29)35-14-18-13-24(34-28-18)21-3-2-10-31-21/h2-13H,14-15H2,1H3/b20-11+. The summed E-state index contributed by atoms with van der Waals surface area (Å²) < 4.78 is 21.6. The quantitative estimate of drug-likeness (QED) is 0.338. The predicted molar refractivity (Wildman–Crippen MR) is 132 cm³/mol. The van der Waals surface area contributed by atoms with Crippen LogP contribution in [0.15, 0.2) is 86.6 Å². The lowest BCUT2D eigenvalue weighted by atomic mass is 10.1. The number of hydrogen-bond donors (Lipinski definition) is 0. The summed E-state index contributed by atoms with van der Waals surface area (Å²) in [6, 6.07) is 18.7. The summed E-state index contributed by atoms with van der Waals surface area (Å²) in [5.74, 6) is 2.76. The lowest BCUT2D eigenvalue weighted by Gasteiger charge is -2.17. The molecule has 0 N–H and O–H groups in total. The number of anilines is 1. The van der Waals surface area contributed by atoms with E-state index in [-0.39, 0.29) is 12.7 Å². The maximum Gasteiger partial charge on any atom is 0.283 e. The largest absolute Gasteiger partial charge is 0.461 e. The summed E-state index contributed by atoms with van der Waals surface area (Å²) in [6.07, 6.45) is 3.34. The number of carbonyl (C=O) groups excluding carboxylic acids is 1. The first-order valence-electron chi connectivity index (χ1n) is 10.9. The van der Waals surface area contributed by atoms with Crippen molar-refractivity contribution in [3.63, 3.8) is 0 Å². The second-order valence-electron chi connectivity index (χ2n) is 7.96. The van der Waals surface area contributed by atoms with E-state index in [1.807, 2.05) is 61.5 Å². The molecule has 0 fully saturated rings. The molecule has 35 heavy (non-hydrogen) atoms. The van der Waals surface area contributed by atoms with Crippen LogP contribution in [0.25, 0.3) is 17.6 Å². The highest BCUT2D eigenvalue weighted by atomic mass is 32.2. The number of aromatic nitrogens is 1. The molecule has 2 aliphatic rings. The van der Waals surface area contributed by atoms with Crippen molar-refractivity contribution in [3.05, 3.63) is 89.4 Å². The molecule has 4 aromatic rings. The fourth-order valence-electron chi connectivity index (χ4n) is 3.73. The number of aryl methyl sites for hydroxylation is 1. The maximum absolute atomic E-state index is 13.4. The molecule has 0 unspecified atom stereocenters. The highest BCUT2D eigenvalue weighted by Gasteiger charge is 2.32. The van der Waals surface area contributed by atoms with Crippen LogP contribution in [0, 0.1) is 6.92 Å². The van der Waals surface area contributed by atoms with E-state index in [1.54, 1.807) is 23.3 Å². The Balaban J connectivity index is 1.29. The third kappa shape index (κ3) is 4.22. The molecule has 1 amide bonds. The zero-order valence-corrected chi connectivity index (χ0v) is 19.5. The first-order chi connectivity index (χ1) is 17.1. The summed E-state index contributed by atoms with van der Waals surface area (Å²) in [4.78, 5) is 19.7. The van der Waals surface area contributed by atoms with Crippen molar-refractivity contribution in [2.45, 2.75) is 12.7 Å². The van der Waals surface area contributed by atoms with Crippen molar-refractivity contribution in [1.82, 2.24) is 5.16 Å². The van der Waals surface area contributed by atoms with Gasteiger partial charge in [-0.1, -0.05) is 40.7 Å². The summed E-state index contributed by atoms with van der Waals surface area (Å²) in [7, 11) is 0. The van der Waals surface area contributed by atoms with Gasteiger partial charge in [-0.3, -0.25) is 9.69 Å². The number of carbonyl (C=O) groups is 1. The molecule has 9 heteroatoms. The number of thioether (sulfide) groups is 1. The summed E-state index contributed by atoms with van der Waals surface area (Å²) >= 11 is 1.41. The van der Waals surface area contributed by atoms with E-state index in [0.29, 0.717) is 45.3 Å². The Morgan fingerprint density at radius 1 is 1.03 bits per heavy atom. The third-order valence-electron chi connectivity index (χ3n) is 5.49. The number of fused-ring (bicyclic) bond motifs is 1. The molecule has 8 nitrogen and oxygen atoms in total. The van der Waals surface area contributed by atoms with Crippen LogP contribution >= 0.6 is 11.8 Å². The number of furan rings is 1. The Morgan fingerprint density at radius 2 is 1.89 bits per heavy atom. The van der Waals surface area contributed by atoms with Crippen molar-refractivity contribution in [1.29, 1.82) is 0 Å². The molecular weight excluding hydrogens is 466 g/mol. The van der Waals surface area contributed by atoms with Crippen LogP contribution in [0.4, 0.5) is 5.69 Å². The molecule has 0 saturated carbocycles. The van der Waals surface area contributed by atoms with Crippen LogP contribution < -0.4 is 14.4 Å². The van der Waals surface area contributed by atoms with E-state index < -0.39 is 0 Å². The zero-order valence-electron chi connectivity index (χ0n) is 18.6. The average molecular weight is 486 g/mol. The highest BCUT2D eigenvalue weighted by molar-refractivity contribution is 8.13. The topological polar surface area (TPSA) is 90.3 Å². The van der Waals surface area contributed by atoms with Gasteiger partial charge in [0.1, 0.15) is 5.70 Å². The Morgan fingerprint density at radius 3 is 2.71 bits per heavy atom. The summed E-state index contributed by atoms with van der Waals surface area (Å²) in [5, 5.41) is 4.69. The number of aliphatic imine (C=N–C) groups is 1. The van der Waals surface area contributed by atoms with Crippen LogP contribution in [-0.4, -0.2) is 23.0 Å². The van der Waals surface area contributed by atoms with Gasteiger partial charge in [0.05, 0.1) is 17.6 Å². The number of nitrogens with zero attached hydrogens (tertiary/aromatic N) is 3. The molecular formula is C26H19N3O5S. The van der Waals surface area contributed by atoms with Crippen molar-refractivity contribution in [3.8, 4) is 23.0 Å². The van der Waals surface area contributed by atoms with Gasteiger partial charge in [0.25, 0.3) is 5.91 Å². The van der Waals surface area contributed by atoms with Gasteiger partial charge in [0.2, 0.25) is 12.6 Å². The van der Waals surface area contributed by atoms with Crippen molar-refractivity contribution >= 4 is 34.6 Å². The summed E-state index contributed by atoms with van der Waals surface area (Å²) in [5.41, 5.74) is 3.71. The number of rotatable bonds is 5. The molecule has 2 aromatic heterocycles. The lowest BCUT2D eigenvalue weighted by molar-refractivity contribution is -0.113. The summed E-state index contributed by atoms with van der Waals surface area (Å²) in [6.45, 7) is 2.20. The number of amides is 1. The molecule has 0 aliphatic carbocycles. The zero-order chi connectivity index (χ0) is 23.8. The van der Waals surface area contributed by atoms with E-state index in [9.17, 15) is 4.79 Å². The highest BCUT2D eigenvalue weighted by Crippen LogP contribution is 2.35. The number of amidine groups is 1. The molecule has 2 aromatic carbocycles. The van der Waals surface area contributed by atoms with Crippen LogP contribution in [0.3, 0.4) is 0 Å². The molecule has 0 spiro atoms. The average Bonchev–Trinajstić information content (AvgIpc) is 3.66. The first-order valence-corrected chi connectivity index (χ1v) is 11.9. The maximum atomic E-state index is 13.4. The predicted octanol–water partition coefficient (Wildman–Crippen LogP) is 5.65. The lowest BCUT2D eigenvalue weighted by Crippen LogP contribution is -2.30. The van der Waals surface area contributed by atoms with Gasteiger partial charge in [0.15, 0.2) is 22.4 Å². The minimum absolute atomic E-state index is 0.193. The van der Waals surface area contributed by atoms with Crippen molar-refractivity contribution < 1.29 is 23.2 Å². The monoisotopic (exact) mass is 485 g/mol. The molecule has 4 heterocycles. The van der Waals surface area contributed by atoms with Gasteiger partial charge in [-0.2, -0.15) is 0 Å². The van der Waals surface area contributed by atoms with Gasteiger partial charge in [-0.05, 0) is 55.0 Å². The number of hydrogen-bond acceptors (Lipinski definition) is 8. The Bertz CT molecular complexity index is 1450. The molecule has 174 valence electrons. The van der Waals surface area contributed by atoms with Gasteiger partial charge in [0, 0.05) is 11.8 Å². The van der Waals surface area contributed by atoms with Crippen molar-refractivity contribution in [2.24, 2.45) is 4.99 Å². The minimum Gasteiger partial charge on any atom is -0.461 e. The Hall–Kier alpha value is -4.24. The van der Waals surface area contributed by atoms with Crippen molar-refractivity contribution in [2.75, 3.05) is 11.7 Å². The van der Waals surface area contributed by atoms with E-state index >= 15 is 0 Å². The number of ether oxygens (including phenoxy) is 2. The van der Waals surface area contributed by atoms with Crippen LogP contribution in [0.1, 0.15) is 16.8 Å². The molecule has 0 bridgehead atoms. The fraction of sp³-hybridized carbons (Fsp3) is 0.115. The van der Waals surface area contributed by atoms with Gasteiger partial charge in [-0.15, -0.1) is 0 Å². The van der Waals surface area contributed by atoms with Crippen LogP contribution in [0.5, 0.6) is 11.5 Å². The Labute approximate surface area is 204 Å². The van der Waals surface area contributed by atoms with Crippen LogP contribution in [-0.2, 0) is 10.5 Å².